The highest BCUT2D eigenvalue weighted by Gasteiger charge is 2.12. The molecule has 2 rings (SSSR count). The Morgan fingerprint density at radius 2 is 1.88 bits per heavy atom. The Morgan fingerprint density at radius 3 is 2.46 bits per heavy atom. The molecule has 0 fully saturated rings. The van der Waals surface area contributed by atoms with Crippen molar-refractivity contribution in [3.63, 3.8) is 0 Å². The molecule has 2 unspecified atom stereocenters. The number of hydrogen-bond acceptors (Lipinski definition) is 3. The molecule has 0 radical (unpaired) electrons. The zero-order valence-electron chi connectivity index (χ0n) is 14.6. The molecule has 1 aromatic heterocycles. The Balaban J connectivity index is 0.00000288. The summed E-state index contributed by atoms with van der Waals surface area (Å²) < 4.78 is 11.5. The maximum Gasteiger partial charge on any atom is 0.191 e. The Morgan fingerprint density at radius 1 is 1.17 bits per heavy atom. The van der Waals surface area contributed by atoms with Crippen LogP contribution < -0.4 is 15.4 Å². The van der Waals surface area contributed by atoms with Crippen LogP contribution >= 0.6 is 24.0 Å². The number of hydrogen-bond donors (Lipinski definition) is 2. The summed E-state index contributed by atoms with van der Waals surface area (Å²) in [6.45, 7) is 6.64. The molecule has 0 saturated heterocycles. The van der Waals surface area contributed by atoms with E-state index in [9.17, 15) is 0 Å². The second kappa shape index (κ2) is 10.2. The van der Waals surface area contributed by atoms with Gasteiger partial charge in [-0.3, -0.25) is 4.99 Å². The first-order valence-electron chi connectivity index (χ1n) is 7.83. The summed E-state index contributed by atoms with van der Waals surface area (Å²) in [4.78, 5) is 4.24. The molecule has 2 aromatic rings. The number of rotatable bonds is 6. The average molecular weight is 443 g/mol. The van der Waals surface area contributed by atoms with Gasteiger partial charge in [-0.15, -0.1) is 24.0 Å². The van der Waals surface area contributed by atoms with Gasteiger partial charge in [0, 0.05) is 7.05 Å². The van der Waals surface area contributed by atoms with Crippen molar-refractivity contribution in [2.45, 2.75) is 32.9 Å². The molecule has 132 valence electrons. The normalized spacial score (nSPS) is 13.6. The fourth-order valence-electron chi connectivity index (χ4n) is 2.17. The SMILES string of the molecule is CN=C(NCC(C)Oc1ccccc1)NC(C)c1ccc(C)o1.I. The topological polar surface area (TPSA) is 58.8 Å². The van der Waals surface area contributed by atoms with Gasteiger partial charge in [-0.05, 0) is 45.0 Å². The molecular formula is C18H26IN3O2. The van der Waals surface area contributed by atoms with Crippen molar-refractivity contribution >= 4 is 29.9 Å². The number of aryl methyl sites for hydroxylation is 1. The molecule has 0 saturated carbocycles. The van der Waals surface area contributed by atoms with Crippen molar-refractivity contribution in [2.75, 3.05) is 13.6 Å². The molecule has 0 aliphatic carbocycles. The molecule has 6 heteroatoms. The lowest BCUT2D eigenvalue weighted by Gasteiger charge is -2.19. The highest BCUT2D eigenvalue weighted by Crippen LogP contribution is 2.15. The van der Waals surface area contributed by atoms with E-state index in [1.807, 2.05) is 63.2 Å². The van der Waals surface area contributed by atoms with Crippen LogP contribution in [0.1, 0.15) is 31.4 Å². The van der Waals surface area contributed by atoms with E-state index in [4.69, 9.17) is 9.15 Å². The third-order valence-electron chi connectivity index (χ3n) is 3.40. The Kier molecular flexibility index (Phi) is 8.67. The summed E-state index contributed by atoms with van der Waals surface area (Å²) in [5.74, 6) is 3.37. The minimum Gasteiger partial charge on any atom is -0.489 e. The maximum absolute atomic E-state index is 5.84. The van der Waals surface area contributed by atoms with Crippen LogP contribution in [0.2, 0.25) is 0 Å². The predicted octanol–water partition coefficient (Wildman–Crippen LogP) is 3.90. The van der Waals surface area contributed by atoms with Crippen LogP contribution in [0.15, 0.2) is 51.9 Å². The number of nitrogens with zero attached hydrogens (tertiary/aromatic N) is 1. The van der Waals surface area contributed by atoms with Crippen LogP contribution in [-0.2, 0) is 0 Å². The van der Waals surface area contributed by atoms with Crippen LogP contribution in [-0.4, -0.2) is 25.7 Å². The van der Waals surface area contributed by atoms with Crippen LogP contribution in [0.3, 0.4) is 0 Å². The minimum absolute atomic E-state index is 0. The first-order valence-corrected chi connectivity index (χ1v) is 7.83. The Bertz CT molecular complexity index is 628. The molecule has 2 atom stereocenters. The van der Waals surface area contributed by atoms with Gasteiger partial charge in [0.2, 0.25) is 0 Å². The van der Waals surface area contributed by atoms with Crippen LogP contribution in [0.5, 0.6) is 5.75 Å². The van der Waals surface area contributed by atoms with Gasteiger partial charge >= 0.3 is 0 Å². The molecule has 1 heterocycles. The zero-order valence-corrected chi connectivity index (χ0v) is 16.9. The standard InChI is InChI=1S/C18H25N3O2.HI/c1-13-10-11-17(23-13)15(3)21-18(19-4)20-12-14(2)22-16-8-6-5-7-9-16;/h5-11,14-15H,12H2,1-4H3,(H2,19,20,21);1H. The van der Waals surface area contributed by atoms with Gasteiger partial charge in [0.15, 0.2) is 5.96 Å². The number of guanidine groups is 1. The lowest BCUT2D eigenvalue weighted by molar-refractivity contribution is 0.223. The maximum atomic E-state index is 5.84. The third kappa shape index (κ3) is 6.43. The van der Waals surface area contributed by atoms with E-state index in [0.717, 1.165) is 23.2 Å². The number of ether oxygens (including phenoxy) is 1. The number of halogens is 1. The fourth-order valence-corrected chi connectivity index (χ4v) is 2.17. The van der Waals surface area contributed by atoms with E-state index < -0.39 is 0 Å². The zero-order chi connectivity index (χ0) is 16.7. The molecule has 2 N–H and O–H groups in total. The number of benzene rings is 1. The summed E-state index contributed by atoms with van der Waals surface area (Å²) in [5, 5.41) is 6.57. The average Bonchev–Trinajstić information content (AvgIpc) is 2.99. The lowest BCUT2D eigenvalue weighted by atomic mass is 10.2. The highest BCUT2D eigenvalue weighted by molar-refractivity contribution is 14.0. The molecule has 0 amide bonds. The van der Waals surface area contributed by atoms with Crippen molar-refractivity contribution in [2.24, 2.45) is 4.99 Å². The van der Waals surface area contributed by atoms with Crippen LogP contribution in [0.4, 0.5) is 0 Å². The van der Waals surface area contributed by atoms with E-state index in [2.05, 4.69) is 15.6 Å². The number of aliphatic imine (C=N–C) groups is 1. The monoisotopic (exact) mass is 443 g/mol. The smallest absolute Gasteiger partial charge is 0.191 e. The molecular weight excluding hydrogens is 417 g/mol. The van der Waals surface area contributed by atoms with Crippen molar-refractivity contribution in [1.82, 2.24) is 10.6 Å². The van der Waals surface area contributed by atoms with Gasteiger partial charge in [0.25, 0.3) is 0 Å². The summed E-state index contributed by atoms with van der Waals surface area (Å²) >= 11 is 0. The largest absolute Gasteiger partial charge is 0.489 e. The first kappa shape index (κ1) is 20.3. The summed E-state index contributed by atoms with van der Waals surface area (Å²) in [6.07, 6.45) is 0.0251. The van der Waals surface area contributed by atoms with E-state index in [1.54, 1.807) is 7.05 Å². The van der Waals surface area contributed by atoms with E-state index in [1.165, 1.54) is 0 Å². The highest BCUT2D eigenvalue weighted by atomic mass is 127. The Labute approximate surface area is 160 Å². The number of nitrogens with one attached hydrogen (secondary N) is 2. The molecule has 5 nitrogen and oxygen atoms in total. The quantitative estimate of drug-likeness (QED) is 0.404. The lowest BCUT2D eigenvalue weighted by Crippen LogP contribution is -2.42. The van der Waals surface area contributed by atoms with Crippen LogP contribution in [0, 0.1) is 6.92 Å². The van der Waals surface area contributed by atoms with Crippen molar-refractivity contribution in [1.29, 1.82) is 0 Å². The molecule has 0 bridgehead atoms. The first-order chi connectivity index (χ1) is 11.1. The van der Waals surface area contributed by atoms with Crippen molar-refractivity contribution < 1.29 is 9.15 Å². The fraction of sp³-hybridized carbons (Fsp3) is 0.389. The molecule has 24 heavy (non-hydrogen) atoms. The number of para-hydroxylation sites is 1. The summed E-state index contributed by atoms with van der Waals surface area (Å²) in [7, 11) is 1.75. The van der Waals surface area contributed by atoms with Gasteiger partial charge in [-0.2, -0.15) is 0 Å². The molecule has 0 aliphatic heterocycles. The molecule has 0 spiro atoms. The van der Waals surface area contributed by atoms with Crippen molar-refractivity contribution in [3.05, 3.63) is 54.0 Å². The molecule has 1 aromatic carbocycles. The van der Waals surface area contributed by atoms with E-state index in [0.29, 0.717) is 6.54 Å². The number of furan rings is 1. The third-order valence-corrected chi connectivity index (χ3v) is 3.40. The second-order valence-corrected chi connectivity index (χ2v) is 5.51. The minimum atomic E-state index is 0. The van der Waals surface area contributed by atoms with E-state index in [-0.39, 0.29) is 36.1 Å². The van der Waals surface area contributed by atoms with Gasteiger partial charge in [-0.25, -0.2) is 0 Å². The van der Waals surface area contributed by atoms with Gasteiger partial charge in [-0.1, -0.05) is 18.2 Å². The van der Waals surface area contributed by atoms with Gasteiger partial charge < -0.3 is 19.8 Å². The van der Waals surface area contributed by atoms with E-state index >= 15 is 0 Å². The van der Waals surface area contributed by atoms with Gasteiger partial charge in [0.1, 0.15) is 23.4 Å². The van der Waals surface area contributed by atoms with Crippen LogP contribution in [0.25, 0.3) is 0 Å². The predicted molar refractivity (Wildman–Crippen MR) is 108 cm³/mol. The van der Waals surface area contributed by atoms with Gasteiger partial charge in [0.05, 0.1) is 12.6 Å². The summed E-state index contributed by atoms with van der Waals surface area (Å²) in [5.41, 5.74) is 0. The molecule has 0 aliphatic rings. The summed E-state index contributed by atoms with van der Waals surface area (Å²) in [6, 6.07) is 13.8. The second-order valence-electron chi connectivity index (χ2n) is 5.51. The Hall–Kier alpha value is -1.70. The van der Waals surface area contributed by atoms with Crippen molar-refractivity contribution in [3.8, 4) is 5.75 Å².